The molecule has 0 aliphatic carbocycles. The summed E-state index contributed by atoms with van der Waals surface area (Å²) in [4.78, 5) is 12.0. The van der Waals surface area contributed by atoms with E-state index < -0.39 is 0 Å². The zero-order chi connectivity index (χ0) is 16.1. The minimum absolute atomic E-state index is 0.0411. The molecule has 2 aromatic carbocycles. The Morgan fingerprint density at radius 1 is 1.04 bits per heavy atom. The highest BCUT2D eigenvalue weighted by Crippen LogP contribution is 2.27. The van der Waals surface area contributed by atoms with Crippen molar-refractivity contribution in [2.45, 2.75) is 37.8 Å². The number of rotatable bonds is 4. The second kappa shape index (κ2) is 7.51. The van der Waals surface area contributed by atoms with Crippen LogP contribution in [0.3, 0.4) is 0 Å². The highest BCUT2D eigenvalue weighted by Gasteiger charge is 2.26. The van der Waals surface area contributed by atoms with E-state index >= 15 is 0 Å². The van der Waals surface area contributed by atoms with Gasteiger partial charge in [0.1, 0.15) is 0 Å². The molecule has 0 spiro atoms. The first-order valence-corrected chi connectivity index (χ1v) is 8.46. The van der Waals surface area contributed by atoms with E-state index in [9.17, 15) is 4.79 Å². The van der Waals surface area contributed by atoms with Crippen LogP contribution >= 0.6 is 11.6 Å². The Balaban J connectivity index is 1.86. The Labute approximate surface area is 142 Å². The Morgan fingerprint density at radius 2 is 1.78 bits per heavy atom. The van der Waals surface area contributed by atoms with Gasteiger partial charge in [-0.05, 0) is 42.7 Å². The van der Waals surface area contributed by atoms with Gasteiger partial charge in [-0.2, -0.15) is 0 Å². The van der Waals surface area contributed by atoms with Crippen molar-refractivity contribution < 1.29 is 4.79 Å². The van der Waals surface area contributed by atoms with E-state index in [0.717, 1.165) is 30.0 Å². The van der Waals surface area contributed by atoms with Crippen LogP contribution in [0.25, 0.3) is 0 Å². The van der Waals surface area contributed by atoms with Crippen LogP contribution < -0.4 is 10.6 Å². The van der Waals surface area contributed by atoms with Crippen molar-refractivity contribution in [3.05, 3.63) is 65.2 Å². The summed E-state index contributed by atoms with van der Waals surface area (Å²) in [5, 5.41) is 7.47. The highest BCUT2D eigenvalue weighted by atomic mass is 35.5. The third-order valence-electron chi connectivity index (χ3n) is 4.24. The van der Waals surface area contributed by atoms with E-state index in [0.29, 0.717) is 6.42 Å². The van der Waals surface area contributed by atoms with Gasteiger partial charge < -0.3 is 10.6 Å². The number of nitrogens with one attached hydrogen (secondary N) is 2. The fourth-order valence-corrected chi connectivity index (χ4v) is 3.18. The lowest BCUT2D eigenvalue weighted by Gasteiger charge is -2.29. The number of amides is 1. The van der Waals surface area contributed by atoms with E-state index in [1.807, 2.05) is 42.5 Å². The van der Waals surface area contributed by atoms with Gasteiger partial charge in [-0.1, -0.05) is 48.4 Å². The van der Waals surface area contributed by atoms with E-state index in [1.165, 1.54) is 5.56 Å². The average Bonchev–Trinajstić information content (AvgIpc) is 2.79. The molecule has 1 heterocycles. The molecule has 4 heteroatoms. The lowest BCUT2D eigenvalue weighted by atomic mass is 9.95. The molecule has 1 amide bonds. The van der Waals surface area contributed by atoms with Crippen molar-refractivity contribution in [2.24, 2.45) is 0 Å². The van der Waals surface area contributed by atoms with Crippen molar-refractivity contribution in [3.8, 4) is 0 Å². The minimum Gasteiger partial charge on any atom is -0.376 e. The summed E-state index contributed by atoms with van der Waals surface area (Å²) in [6.45, 7) is 0. The first kappa shape index (κ1) is 15.9. The van der Waals surface area contributed by atoms with Crippen LogP contribution in [0.4, 0.5) is 5.69 Å². The number of halogens is 1. The molecule has 3 rings (SSSR count). The molecule has 1 aliphatic rings. The molecule has 1 saturated heterocycles. The quantitative estimate of drug-likeness (QED) is 0.864. The normalized spacial score (nSPS) is 19.5. The third-order valence-corrected chi connectivity index (χ3v) is 4.49. The number of hydrogen-bond donors (Lipinski definition) is 2. The van der Waals surface area contributed by atoms with Crippen molar-refractivity contribution in [3.63, 3.8) is 0 Å². The number of hydrogen-bond acceptors (Lipinski definition) is 2. The van der Waals surface area contributed by atoms with Gasteiger partial charge in [-0.25, -0.2) is 0 Å². The summed E-state index contributed by atoms with van der Waals surface area (Å²) in [7, 11) is 0. The predicted molar refractivity (Wildman–Crippen MR) is 94.7 cm³/mol. The fourth-order valence-electron chi connectivity index (χ4n) is 3.05. The molecule has 1 fully saturated rings. The molecule has 0 saturated carbocycles. The zero-order valence-electron chi connectivity index (χ0n) is 13.0. The van der Waals surface area contributed by atoms with Gasteiger partial charge in [0.2, 0.25) is 5.91 Å². The molecule has 0 aromatic heterocycles. The maximum atomic E-state index is 12.0. The van der Waals surface area contributed by atoms with E-state index in [-0.39, 0.29) is 18.0 Å². The van der Waals surface area contributed by atoms with Gasteiger partial charge in [0.15, 0.2) is 0 Å². The fraction of sp³-hybridized carbons (Fsp3) is 0.316. The standard InChI is InChI=1S/C19H21ClN2O/c20-15-10-12-16(13-11-15)21-19(14-6-2-1-3-7-14)17-8-4-5-9-18(23)22-17/h1-3,6-7,10-13,17,19,21H,4-5,8-9H2,(H,22,23). The Morgan fingerprint density at radius 3 is 2.52 bits per heavy atom. The van der Waals surface area contributed by atoms with Crippen molar-refractivity contribution in [1.29, 1.82) is 0 Å². The first-order valence-electron chi connectivity index (χ1n) is 8.09. The number of anilines is 1. The van der Waals surface area contributed by atoms with Crippen LogP contribution in [0.5, 0.6) is 0 Å². The molecule has 2 aromatic rings. The molecule has 2 N–H and O–H groups in total. The molecule has 3 nitrogen and oxygen atoms in total. The largest absolute Gasteiger partial charge is 0.376 e. The van der Waals surface area contributed by atoms with Gasteiger partial charge in [0.25, 0.3) is 0 Å². The van der Waals surface area contributed by atoms with E-state index in [2.05, 4.69) is 22.8 Å². The van der Waals surface area contributed by atoms with Crippen LogP contribution in [-0.2, 0) is 4.79 Å². The molecule has 2 unspecified atom stereocenters. The van der Waals surface area contributed by atoms with E-state index in [4.69, 9.17) is 11.6 Å². The smallest absolute Gasteiger partial charge is 0.220 e. The zero-order valence-corrected chi connectivity index (χ0v) is 13.7. The summed E-state index contributed by atoms with van der Waals surface area (Å²) in [6, 6.07) is 18.1. The van der Waals surface area contributed by atoms with Crippen molar-refractivity contribution >= 4 is 23.2 Å². The summed E-state index contributed by atoms with van der Waals surface area (Å²) in [6.07, 6.45) is 3.63. The molecule has 0 bridgehead atoms. The summed E-state index contributed by atoms with van der Waals surface area (Å²) < 4.78 is 0. The number of carbonyl (C=O) groups excluding carboxylic acids is 1. The topological polar surface area (TPSA) is 41.1 Å². The van der Waals surface area contributed by atoms with Crippen LogP contribution in [0.15, 0.2) is 54.6 Å². The van der Waals surface area contributed by atoms with Crippen LogP contribution in [0, 0.1) is 0 Å². The summed E-state index contributed by atoms with van der Waals surface area (Å²) in [5.74, 6) is 0.145. The van der Waals surface area contributed by atoms with Crippen LogP contribution in [0.1, 0.15) is 37.3 Å². The summed E-state index contributed by atoms with van der Waals surface area (Å²) in [5.41, 5.74) is 2.18. The molecular formula is C19H21ClN2O. The average molecular weight is 329 g/mol. The van der Waals surface area contributed by atoms with Gasteiger partial charge in [0.05, 0.1) is 12.1 Å². The van der Waals surface area contributed by atoms with Gasteiger partial charge in [-0.15, -0.1) is 0 Å². The van der Waals surface area contributed by atoms with Gasteiger partial charge >= 0.3 is 0 Å². The Bertz CT molecular complexity index is 642. The molecule has 23 heavy (non-hydrogen) atoms. The van der Waals surface area contributed by atoms with Crippen LogP contribution in [-0.4, -0.2) is 11.9 Å². The number of benzene rings is 2. The second-order valence-electron chi connectivity index (χ2n) is 5.96. The maximum Gasteiger partial charge on any atom is 0.220 e. The maximum absolute atomic E-state index is 12.0. The molecule has 120 valence electrons. The summed E-state index contributed by atoms with van der Waals surface area (Å²) >= 11 is 5.97. The minimum atomic E-state index is 0.0411. The third kappa shape index (κ3) is 4.26. The van der Waals surface area contributed by atoms with Gasteiger partial charge in [0, 0.05) is 17.1 Å². The van der Waals surface area contributed by atoms with Crippen molar-refractivity contribution in [1.82, 2.24) is 5.32 Å². The first-order chi connectivity index (χ1) is 11.2. The molecular weight excluding hydrogens is 308 g/mol. The highest BCUT2D eigenvalue weighted by molar-refractivity contribution is 6.30. The Kier molecular flexibility index (Phi) is 5.19. The lowest BCUT2D eigenvalue weighted by molar-refractivity contribution is -0.121. The van der Waals surface area contributed by atoms with E-state index in [1.54, 1.807) is 0 Å². The molecule has 2 atom stereocenters. The van der Waals surface area contributed by atoms with Gasteiger partial charge in [-0.3, -0.25) is 4.79 Å². The van der Waals surface area contributed by atoms with Crippen molar-refractivity contribution in [2.75, 3.05) is 5.32 Å². The molecule has 1 aliphatic heterocycles. The monoisotopic (exact) mass is 328 g/mol. The SMILES string of the molecule is O=C1CCCCC(C(Nc2ccc(Cl)cc2)c2ccccc2)N1. The van der Waals surface area contributed by atoms with Crippen LogP contribution in [0.2, 0.25) is 5.02 Å². The second-order valence-corrected chi connectivity index (χ2v) is 6.40. The predicted octanol–water partition coefficient (Wildman–Crippen LogP) is 4.55. The Hall–Kier alpha value is -2.00. The molecule has 0 radical (unpaired) electrons. The lowest BCUT2D eigenvalue weighted by Crippen LogP contribution is -2.40. The number of carbonyl (C=O) groups is 1.